The molecule has 3 rings (SSSR count). The number of carbonyl (C=O) groups is 1. The Labute approximate surface area is 131 Å². The minimum Gasteiger partial charge on any atom is -0.465 e. The molecule has 0 bridgehead atoms. The zero-order valence-electron chi connectivity index (χ0n) is 11.8. The first kappa shape index (κ1) is 15.0. The van der Waals surface area contributed by atoms with Crippen molar-refractivity contribution in [3.8, 4) is 11.3 Å². The van der Waals surface area contributed by atoms with Gasteiger partial charge in [0.1, 0.15) is 5.56 Å². The molecule has 1 aliphatic rings. The Hall–Kier alpha value is -1.92. The molecule has 0 saturated carbocycles. The normalized spacial score (nSPS) is 17.2. The fraction of sp³-hybridized carbons (Fsp3) is 0.333. The average molecular weight is 325 g/mol. The van der Waals surface area contributed by atoms with E-state index in [1.54, 1.807) is 16.7 Å². The number of methoxy groups -OCH3 is 1. The molecular weight excluding hydrogens is 311 g/mol. The van der Waals surface area contributed by atoms with Crippen LogP contribution in [-0.4, -0.2) is 27.7 Å². The van der Waals surface area contributed by atoms with Gasteiger partial charge in [0.25, 0.3) is 0 Å². The van der Waals surface area contributed by atoms with Gasteiger partial charge in [-0.15, -0.1) is 0 Å². The second-order valence-corrected chi connectivity index (χ2v) is 5.44. The maximum atomic E-state index is 14.1. The minimum absolute atomic E-state index is 0.0784. The largest absolute Gasteiger partial charge is 0.465 e. The molecule has 3 heterocycles. The Balaban J connectivity index is 2.32. The predicted octanol–water partition coefficient (Wildman–Crippen LogP) is 2.96. The number of hydrogen-bond donors (Lipinski definition) is 1. The van der Waals surface area contributed by atoms with Crippen molar-refractivity contribution in [2.24, 2.45) is 0 Å². The molecule has 1 atom stereocenters. The molecule has 5 nitrogen and oxygen atoms in total. The lowest BCUT2D eigenvalue weighted by molar-refractivity contribution is 0.0588. The molecule has 0 aromatic carbocycles. The summed E-state index contributed by atoms with van der Waals surface area (Å²) in [6, 6.07) is 3.13. The van der Waals surface area contributed by atoms with Crippen LogP contribution in [0.2, 0.25) is 5.02 Å². The molecule has 0 spiro atoms. The zero-order chi connectivity index (χ0) is 15.9. The fourth-order valence-electron chi connectivity index (χ4n) is 2.89. The highest BCUT2D eigenvalue weighted by molar-refractivity contribution is 6.36. The number of halogens is 2. The maximum Gasteiger partial charge on any atom is 0.341 e. The van der Waals surface area contributed by atoms with Gasteiger partial charge < -0.3 is 14.4 Å². The lowest BCUT2D eigenvalue weighted by atomic mass is 10.0. The van der Waals surface area contributed by atoms with Gasteiger partial charge in [0.15, 0.2) is 0 Å². The van der Waals surface area contributed by atoms with Gasteiger partial charge in [-0.25, -0.2) is 9.78 Å². The summed E-state index contributed by atoms with van der Waals surface area (Å²) in [6.45, 7) is 0.534. The van der Waals surface area contributed by atoms with Crippen molar-refractivity contribution in [2.75, 3.05) is 7.11 Å². The molecule has 2 aromatic rings. The summed E-state index contributed by atoms with van der Waals surface area (Å²) in [5, 5.41) is 10.3. The molecule has 22 heavy (non-hydrogen) atoms. The second-order valence-electron chi connectivity index (χ2n) is 5.07. The number of nitrogens with zero attached hydrogens (tertiary/aromatic N) is 2. The molecule has 0 radical (unpaired) electrons. The predicted molar refractivity (Wildman–Crippen MR) is 78.2 cm³/mol. The van der Waals surface area contributed by atoms with Crippen LogP contribution >= 0.6 is 11.6 Å². The van der Waals surface area contributed by atoms with Gasteiger partial charge in [0, 0.05) is 12.7 Å². The van der Waals surface area contributed by atoms with Crippen LogP contribution in [0.1, 0.15) is 35.0 Å². The van der Waals surface area contributed by atoms with Crippen molar-refractivity contribution in [1.29, 1.82) is 0 Å². The van der Waals surface area contributed by atoms with Gasteiger partial charge in [-0.2, -0.15) is 4.39 Å². The van der Waals surface area contributed by atoms with E-state index in [-0.39, 0.29) is 16.1 Å². The van der Waals surface area contributed by atoms with E-state index in [1.807, 2.05) is 0 Å². The first-order valence-corrected chi connectivity index (χ1v) is 7.23. The number of aromatic nitrogens is 2. The molecule has 1 unspecified atom stereocenters. The summed E-state index contributed by atoms with van der Waals surface area (Å²) in [6.07, 6.45) is 1.71. The smallest absolute Gasteiger partial charge is 0.341 e. The molecule has 0 aliphatic carbocycles. The summed E-state index contributed by atoms with van der Waals surface area (Å²) in [4.78, 5) is 15.7. The van der Waals surface area contributed by atoms with E-state index in [1.165, 1.54) is 13.3 Å². The fourth-order valence-corrected chi connectivity index (χ4v) is 3.26. The summed E-state index contributed by atoms with van der Waals surface area (Å²) in [7, 11) is 1.24. The van der Waals surface area contributed by atoms with Crippen LogP contribution in [0, 0.1) is 5.95 Å². The lowest BCUT2D eigenvalue weighted by Crippen LogP contribution is -2.18. The van der Waals surface area contributed by atoms with E-state index in [4.69, 9.17) is 16.3 Å². The van der Waals surface area contributed by atoms with Crippen LogP contribution in [0.3, 0.4) is 0 Å². The Morgan fingerprint density at radius 3 is 3.05 bits per heavy atom. The van der Waals surface area contributed by atoms with E-state index in [0.717, 1.165) is 0 Å². The van der Waals surface area contributed by atoms with Crippen molar-refractivity contribution >= 4 is 17.6 Å². The number of hydrogen-bond acceptors (Lipinski definition) is 4. The third-order valence-corrected chi connectivity index (χ3v) is 4.19. The lowest BCUT2D eigenvalue weighted by Gasteiger charge is -2.23. The summed E-state index contributed by atoms with van der Waals surface area (Å²) < 4.78 is 20.5. The van der Waals surface area contributed by atoms with Crippen molar-refractivity contribution in [3.63, 3.8) is 0 Å². The Bertz CT molecular complexity index is 745. The number of rotatable bonds is 2. The Kier molecular flexibility index (Phi) is 3.88. The van der Waals surface area contributed by atoms with E-state index in [2.05, 4.69) is 4.98 Å². The molecule has 116 valence electrons. The number of carbonyl (C=O) groups excluding carboxylic acids is 1. The van der Waals surface area contributed by atoms with Crippen LogP contribution in [0.25, 0.3) is 11.3 Å². The standard InChI is InChI=1S/C15H14ClFN2O3/c1-22-15(21)10-11(16)12(8-4-2-6-18-14(8)17)19-7-3-5-9(20)13(10)19/h2,4,6,9,20H,3,5,7H2,1H3. The molecule has 7 heteroatoms. The van der Waals surface area contributed by atoms with E-state index in [9.17, 15) is 14.3 Å². The first-order valence-electron chi connectivity index (χ1n) is 6.85. The number of ether oxygens (including phenoxy) is 1. The summed E-state index contributed by atoms with van der Waals surface area (Å²) >= 11 is 6.34. The van der Waals surface area contributed by atoms with Crippen LogP contribution in [0.4, 0.5) is 4.39 Å². The van der Waals surface area contributed by atoms with Gasteiger partial charge in [0.05, 0.1) is 35.2 Å². The van der Waals surface area contributed by atoms with Crippen molar-refractivity contribution in [1.82, 2.24) is 9.55 Å². The molecular formula is C15H14ClFN2O3. The van der Waals surface area contributed by atoms with Gasteiger partial charge in [-0.3, -0.25) is 0 Å². The maximum absolute atomic E-state index is 14.1. The highest BCUT2D eigenvalue weighted by Gasteiger charge is 2.34. The third-order valence-electron chi connectivity index (χ3n) is 3.82. The van der Waals surface area contributed by atoms with Gasteiger partial charge in [-0.1, -0.05) is 11.6 Å². The van der Waals surface area contributed by atoms with Crippen LogP contribution in [-0.2, 0) is 11.3 Å². The van der Waals surface area contributed by atoms with Crippen LogP contribution in [0.15, 0.2) is 18.3 Å². The number of esters is 1. The van der Waals surface area contributed by atoms with E-state index < -0.39 is 18.0 Å². The zero-order valence-corrected chi connectivity index (χ0v) is 12.6. The molecule has 0 saturated heterocycles. The highest BCUT2D eigenvalue weighted by atomic mass is 35.5. The SMILES string of the molecule is COC(=O)c1c(Cl)c(-c2cccnc2F)n2c1C(O)CCC2. The third kappa shape index (κ3) is 2.19. The number of pyridine rings is 1. The molecule has 2 aromatic heterocycles. The Morgan fingerprint density at radius 1 is 1.59 bits per heavy atom. The van der Waals surface area contributed by atoms with Gasteiger partial charge >= 0.3 is 5.97 Å². The average Bonchev–Trinajstić information content (AvgIpc) is 2.81. The number of aliphatic hydroxyl groups excluding tert-OH is 1. The monoisotopic (exact) mass is 324 g/mol. The minimum atomic E-state index is -0.839. The highest BCUT2D eigenvalue weighted by Crippen LogP contribution is 2.42. The van der Waals surface area contributed by atoms with Crippen LogP contribution in [0.5, 0.6) is 0 Å². The first-order chi connectivity index (χ1) is 10.6. The molecule has 0 amide bonds. The number of aliphatic hydroxyl groups is 1. The molecule has 1 N–H and O–H groups in total. The molecule has 0 fully saturated rings. The van der Waals surface area contributed by atoms with Crippen molar-refractivity contribution < 1.29 is 19.0 Å². The van der Waals surface area contributed by atoms with Crippen molar-refractivity contribution in [3.05, 3.63) is 40.6 Å². The van der Waals surface area contributed by atoms with Crippen molar-refractivity contribution in [2.45, 2.75) is 25.5 Å². The van der Waals surface area contributed by atoms with Gasteiger partial charge in [0.2, 0.25) is 5.95 Å². The topological polar surface area (TPSA) is 64.3 Å². The Morgan fingerprint density at radius 2 is 2.36 bits per heavy atom. The summed E-state index contributed by atoms with van der Waals surface area (Å²) in [5.41, 5.74) is 1.01. The van der Waals surface area contributed by atoms with Crippen LogP contribution < -0.4 is 0 Å². The number of fused-ring (bicyclic) bond motifs is 1. The van der Waals surface area contributed by atoms with Gasteiger partial charge in [-0.05, 0) is 25.0 Å². The van der Waals surface area contributed by atoms with E-state index >= 15 is 0 Å². The molecule has 1 aliphatic heterocycles. The quantitative estimate of drug-likeness (QED) is 0.681. The summed E-state index contributed by atoms with van der Waals surface area (Å²) in [5.74, 6) is -1.33. The van der Waals surface area contributed by atoms with E-state index in [0.29, 0.717) is 30.8 Å². The second kappa shape index (κ2) is 5.70.